The van der Waals surface area contributed by atoms with Gasteiger partial charge in [-0.25, -0.2) is 0 Å². The summed E-state index contributed by atoms with van der Waals surface area (Å²) in [6.45, 7) is 4.25. The fourth-order valence-corrected chi connectivity index (χ4v) is 2.45. The van der Waals surface area contributed by atoms with E-state index in [1.807, 2.05) is 0 Å². The summed E-state index contributed by atoms with van der Waals surface area (Å²) in [6.07, 6.45) is 5.63. The van der Waals surface area contributed by atoms with E-state index in [2.05, 4.69) is 10.2 Å². The maximum atomic E-state index is 11.6. The fourth-order valence-electron chi connectivity index (χ4n) is 2.45. The molecule has 0 aromatic rings. The Labute approximate surface area is 85.8 Å². The van der Waals surface area contributed by atoms with Crippen molar-refractivity contribution in [3.63, 3.8) is 0 Å². The summed E-state index contributed by atoms with van der Waals surface area (Å²) in [7, 11) is 0. The largest absolute Gasteiger partial charge is 0.342 e. The van der Waals surface area contributed by atoms with Gasteiger partial charge in [0.15, 0.2) is 0 Å². The summed E-state index contributed by atoms with van der Waals surface area (Å²) < 4.78 is 0. The summed E-state index contributed by atoms with van der Waals surface area (Å²) in [5, 5.41) is 3.40. The summed E-state index contributed by atoms with van der Waals surface area (Å²) in [4.78, 5) is 13.6. The summed E-state index contributed by atoms with van der Waals surface area (Å²) in [6, 6.07) is 0. The van der Waals surface area contributed by atoms with E-state index in [0.717, 1.165) is 39.0 Å². The van der Waals surface area contributed by atoms with Crippen LogP contribution in [0.1, 0.15) is 32.1 Å². The number of piperidine rings is 2. The topological polar surface area (TPSA) is 32.3 Å². The second-order valence-electron chi connectivity index (χ2n) is 4.51. The molecule has 0 radical (unpaired) electrons. The third-order valence-corrected chi connectivity index (χ3v) is 3.30. The van der Waals surface area contributed by atoms with E-state index in [4.69, 9.17) is 0 Å². The van der Waals surface area contributed by atoms with Gasteiger partial charge in [0.05, 0.1) is 0 Å². The molecular weight excluding hydrogens is 176 g/mol. The van der Waals surface area contributed by atoms with Crippen molar-refractivity contribution >= 4 is 5.91 Å². The average Bonchev–Trinajstić information content (AvgIpc) is 2.23. The van der Waals surface area contributed by atoms with Crippen molar-refractivity contribution in [3.8, 4) is 0 Å². The van der Waals surface area contributed by atoms with Gasteiger partial charge in [0, 0.05) is 19.5 Å². The van der Waals surface area contributed by atoms with Crippen LogP contribution in [0.25, 0.3) is 0 Å². The molecule has 3 nitrogen and oxygen atoms in total. The number of amides is 1. The Bertz CT molecular complexity index is 199. The third kappa shape index (κ3) is 2.47. The van der Waals surface area contributed by atoms with Gasteiger partial charge in [-0.1, -0.05) is 0 Å². The first-order valence-corrected chi connectivity index (χ1v) is 5.85. The van der Waals surface area contributed by atoms with E-state index in [0.29, 0.717) is 11.8 Å². The van der Waals surface area contributed by atoms with Gasteiger partial charge < -0.3 is 10.2 Å². The van der Waals surface area contributed by atoms with Crippen LogP contribution in [-0.4, -0.2) is 37.0 Å². The molecule has 1 unspecified atom stereocenters. The standard InChI is InChI=1S/C11H20N2O/c14-11-5-1-2-7-13(11)9-10-4-3-6-12-8-10/h10,12H,1-9H2. The number of hydrogen-bond donors (Lipinski definition) is 1. The second kappa shape index (κ2) is 4.78. The van der Waals surface area contributed by atoms with E-state index in [-0.39, 0.29) is 0 Å². The van der Waals surface area contributed by atoms with Crippen LogP contribution in [0.15, 0.2) is 0 Å². The lowest BCUT2D eigenvalue weighted by molar-refractivity contribution is -0.134. The summed E-state index contributed by atoms with van der Waals surface area (Å²) >= 11 is 0. The Morgan fingerprint density at radius 2 is 2.29 bits per heavy atom. The summed E-state index contributed by atoms with van der Waals surface area (Å²) in [5.41, 5.74) is 0. The first-order valence-electron chi connectivity index (χ1n) is 5.85. The predicted molar refractivity (Wildman–Crippen MR) is 56.0 cm³/mol. The van der Waals surface area contributed by atoms with Crippen LogP contribution >= 0.6 is 0 Å². The van der Waals surface area contributed by atoms with Gasteiger partial charge >= 0.3 is 0 Å². The van der Waals surface area contributed by atoms with Gasteiger partial charge in [0.1, 0.15) is 0 Å². The van der Waals surface area contributed by atoms with E-state index >= 15 is 0 Å². The number of carbonyl (C=O) groups is 1. The maximum absolute atomic E-state index is 11.6. The number of carbonyl (C=O) groups excluding carboxylic acids is 1. The minimum atomic E-state index is 0.377. The highest BCUT2D eigenvalue weighted by atomic mass is 16.2. The lowest BCUT2D eigenvalue weighted by atomic mass is 9.98. The molecule has 0 spiro atoms. The molecule has 2 aliphatic heterocycles. The monoisotopic (exact) mass is 196 g/mol. The average molecular weight is 196 g/mol. The van der Waals surface area contributed by atoms with Crippen molar-refractivity contribution in [1.82, 2.24) is 10.2 Å². The molecule has 1 N–H and O–H groups in total. The highest BCUT2D eigenvalue weighted by molar-refractivity contribution is 5.76. The van der Waals surface area contributed by atoms with Crippen LogP contribution < -0.4 is 5.32 Å². The SMILES string of the molecule is O=C1CCCCN1CC1CCCNC1. The zero-order valence-corrected chi connectivity index (χ0v) is 8.80. The summed E-state index contributed by atoms with van der Waals surface area (Å²) in [5.74, 6) is 1.08. The lowest BCUT2D eigenvalue weighted by Crippen LogP contribution is -2.43. The van der Waals surface area contributed by atoms with Crippen molar-refractivity contribution in [2.24, 2.45) is 5.92 Å². The number of nitrogens with one attached hydrogen (secondary N) is 1. The van der Waals surface area contributed by atoms with Crippen molar-refractivity contribution in [3.05, 3.63) is 0 Å². The molecule has 2 rings (SSSR count). The molecule has 0 saturated carbocycles. The molecule has 0 aliphatic carbocycles. The Kier molecular flexibility index (Phi) is 3.40. The molecule has 2 aliphatic rings. The van der Waals surface area contributed by atoms with Gasteiger partial charge in [0.25, 0.3) is 0 Å². The van der Waals surface area contributed by atoms with E-state index in [1.165, 1.54) is 19.3 Å². The number of likely N-dealkylation sites (tertiary alicyclic amines) is 1. The van der Waals surface area contributed by atoms with Crippen LogP contribution in [-0.2, 0) is 4.79 Å². The molecule has 0 aromatic carbocycles. The van der Waals surface area contributed by atoms with E-state index < -0.39 is 0 Å². The minimum absolute atomic E-state index is 0.377. The molecule has 2 fully saturated rings. The number of hydrogen-bond acceptors (Lipinski definition) is 2. The predicted octanol–water partition coefficient (Wildman–Crippen LogP) is 0.998. The quantitative estimate of drug-likeness (QED) is 0.714. The Morgan fingerprint density at radius 1 is 1.36 bits per heavy atom. The van der Waals surface area contributed by atoms with E-state index in [9.17, 15) is 4.79 Å². The zero-order valence-electron chi connectivity index (χ0n) is 8.80. The zero-order chi connectivity index (χ0) is 9.80. The van der Waals surface area contributed by atoms with Gasteiger partial charge in [-0.15, -0.1) is 0 Å². The highest BCUT2D eigenvalue weighted by Crippen LogP contribution is 2.16. The van der Waals surface area contributed by atoms with Crippen molar-refractivity contribution in [1.29, 1.82) is 0 Å². The van der Waals surface area contributed by atoms with Crippen LogP contribution in [0.3, 0.4) is 0 Å². The van der Waals surface area contributed by atoms with Gasteiger partial charge in [-0.2, -0.15) is 0 Å². The van der Waals surface area contributed by atoms with Crippen LogP contribution in [0.5, 0.6) is 0 Å². The molecule has 0 aromatic heterocycles. The molecular formula is C11H20N2O. The Balaban J connectivity index is 1.79. The highest BCUT2D eigenvalue weighted by Gasteiger charge is 2.22. The molecule has 14 heavy (non-hydrogen) atoms. The minimum Gasteiger partial charge on any atom is -0.342 e. The number of rotatable bonds is 2. The molecule has 2 saturated heterocycles. The van der Waals surface area contributed by atoms with Crippen LogP contribution in [0.2, 0.25) is 0 Å². The third-order valence-electron chi connectivity index (χ3n) is 3.30. The molecule has 2 heterocycles. The first-order chi connectivity index (χ1) is 6.86. The molecule has 1 amide bonds. The Hall–Kier alpha value is -0.570. The second-order valence-corrected chi connectivity index (χ2v) is 4.51. The van der Waals surface area contributed by atoms with Crippen molar-refractivity contribution in [2.75, 3.05) is 26.2 Å². The molecule has 1 atom stereocenters. The first kappa shape index (κ1) is 9.97. The van der Waals surface area contributed by atoms with Gasteiger partial charge in [-0.3, -0.25) is 4.79 Å². The molecule has 80 valence electrons. The Morgan fingerprint density at radius 3 is 3.00 bits per heavy atom. The fraction of sp³-hybridized carbons (Fsp3) is 0.909. The van der Waals surface area contributed by atoms with Crippen LogP contribution in [0, 0.1) is 5.92 Å². The van der Waals surface area contributed by atoms with E-state index in [1.54, 1.807) is 0 Å². The smallest absolute Gasteiger partial charge is 0.222 e. The molecule has 3 heteroatoms. The maximum Gasteiger partial charge on any atom is 0.222 e. The normalized spacial score (nSPS) is 29.3. The molecule has 0 bridgehead atoms. The van der Waals surface area contributed by atoms with Gasteiger partial charge in [0.2, 0.25) is 5.91 Å². The van der Waals surface area contributed by atoms with Crippen LogP contribution in [0.4, 0.5) is 0 Å². The van der Waals surface area contributed by atoms with Crippen molar-refractivity contribution in [2.45, 2.75) is 32.1 Å². The number of nitrogens with zero attached hydrogens (tertiary/aromatic N) is 1. The lowest BCUT2D eigenvalue weighted by Gasteiger charge is -2.32. The van der Waals surface area contributed by atoms with Gasteiger partial charge in [-0.05, 0) is 44.7 Å². The van der Waals surface area contributed by atoms with Crippen molar-refractivity contribution < 1.29 is 4.79 Å².